The van der Waals surface area contributed by atoms with Gasteiger partial charge in [-0.15, -0.1) is 0 Å². The second-order valence-electron chi connectivity index (χ2n) is 1.74. The predicted molar refractivity (Wildman–Crippen MR) is 38.9 cm³/mol. The standard InChI is InChI=1S/C8H14/c1-4-7-8(5-2)6-3/h5,7H,2,4,6H2,1,3H3. The zero-order valence-electron chi connectivity index (χ0n) is 5.78. The van der Waals surface area contributed by atoms with Gasteiger partial charge in [0, 0.05) is 0 Å². The van der Waals surface area contributed by atoms with Crippen LogP contribution >= 0.6 is 0 Å². The maximum absolute atomic E-state index is 3.68. The van der Waals surface area contributed by atoms with E-state index in [4.69, 9.17) is 0 Å². The summed E-state index contributed by atoms with van der Waals surface area (Å²) in [7, 11) is 0. The van der Waals surface area contributed by atoms with Gasteiger partial charge in [-0.1, -0.05) is 38.2 Å². The summed E-state index contributed by atoms with van der Waals surface area (Å²) in [5.41, 5.74) is 1.35. The van der Waals surface area contributed by atoms with Crippen molar-refractivity contribution >= 4 is 0 Å². The molecule has 0 N–H and O–H groups in total. The molecule has 0 nitrogen and oxygen atoms in total. The molecule has 0 heterocycles. The molecule has 0 fully saturated rings. The molecule has 0 saturated carbocycles. The molecule has 0 aromatic heterocycles. The Labute approximate surface area is 51.9 Å². The normalized spacial score (nSPS) is 11.5. The first kappa shape index (κ1) is 7.48. The van der Waals surface area contributed by atoms with Crippen LogP contribution in [0.5, 0.6) is 0 Å². The molecule has 0 saturated heterocycles. The zero-order valence-corrected chi connectivity index (χ0v) is 5.78. The minimum atomic E-state index is 1.11. The third-order valence-electron chi connectivity index (χ3n) is 1.14. The van der Waals surface area contributed by atoms with E-state index in [2.05, 4.69) is 26.5 Å². The molecule has 0 aliphatic heterocycles. The molecule has 0 aromatic carbocycles. The first-order valence-corrected chi connectivity index (χ1v) is 3.16. The van der Waals surface area contributed by atoms with E-state index in [0.717, 1.165) is 12.8 Å². The van der Waals surface area contributed by atoms with Crippen molar-refractivity contribution in [3.05, 3.63) is 24.3 Å². The summed E-state index contributed by atoms with van der Waals surface area (Å²) >= 11 is 0. The first-order valence-electron chi connectivity index (χ1n) is 3.16. The maximum Gasteiger partial charge on any atom is -0.0311 e. The fourth-order valence-corrected chi connectivity index (χ4v) is 0.634. The topological polar surface area (TPSA) is 0 Å². The van der Waals surface area contributed by atoms with Crippen molar-refractivity contribution in [3.63, 3.8) is 0 Å². The van der Waals surface area contributed by atoms with Crippen LogP contribution in [0.3, 0.4) is 0 Å². The van der Waals surface area contributed by atoms with Crippen LogP contribution in [0, 0.1) is 0 Å². The fraction of sp³-hybridized carbons (Fsp3) is 0.500. The quantitative estimate of drug-likeness (QED) is 0.490. The van der Waals surface area contributed by atoms with Gasteiger partial charge in [-0.3, -0.25) is 0 Å². The highest BCUT2D eigenvalue weighted by Crippen LogP contribution is 2.01. The van der Waals surface area contributed by atoms with Crippen molar-refractivity contribution < 1.29 is 0 Å². The van der Waals surface area contributed by atoms with E-state index >= 15 is 0 Å². The summed E-state index contributed by atoms with van der Waals surface area (Å²) in [4.78, 5) is 0. The minimum absolute atomic E-state index is 1.11. The fourth-order valence-electron chi connectivity index (χ4n) is 0.634. The SMILES string of the molecule is C=CC(=CCC)CC. The molecule has 0 unspecified atom stereocenters. The minimum Gasteiger partial charge on any atom is -0.0988 e. The molecule has 0 radical (unpaired) electrons. The second-order valence-corrected chi connectivity index (χ2v) is 1.74. The lowest BCUT2D eigenvalue weighted by Gasteiger charge is -1.91. The van der Waals surface area contributed by atoms with Crippen molar-refractivity contribution in [2.24, 2.45) is 0 Å². The summed E-state index contributed by atoms with van der Waals surface area (Å²) in [5.74, 6) is 0. The molecular formula is C8H14. The van der Waals surface area contributed by atoms with Crippen LogP contribution in [0.15, 0.2) is 24.3 Å². The van der Waals surface area contributed by atoms with Crippen molar-refractivity contribution in [3.8, 4) is 0 Å². The molecule has 0 aliphatic carbocycles. The van der Waals surface area contributed by atoms with Gasteiger partial charge in [0.2, 0.25) is 0 Å². The van der Waals surface area contributed by atoms with Crippen molar-refractivity contribution in [1.29, 1.82) is 0 Å². The Morgan fingerprint density at radius 1 is 1.50 bits per heavy atom. The molecule has 0 aliphatic rings. The van der Waals surface area contributed by atoms with Crippen LogP contribution in [-0.2, 0) is 0 Å². The lowest BCUT2D eigenvalue weighted by molar-refractivity contribution is 1.10. The van der Waals surface area contributed by atoms with E-state index in [0.29, 0.717) is 0 Å². The molecule has 46 valence electrons. The van der Waals surface area contributed by atoms with Crippen molar-refractivity contribution in [2.75, 3.05) is 0 Å². The molecule has 0 spiro atoms. The summed E-state index contributed by atoms with van der Waals surface area (Å²) in [5, 5.41) is 0. The number of hydrogen-bond donors (Lipinski definition) is 0. The summed E-state index contributed by atoms with van der Waals surface area (Å²) in [6.45, 7) is 7.96. The predicted octanol–water partition coefficient (Wildman–Crippen LogP) is 2.92. The monoisotopic (exact) mass is 110 g/mol. The lowest BCUT2D eigenvalue weighted by atomic mass is 10.2. The van der Waals surface area contributed by atoms with Crippen molar-refractivity contribution in [2.45, 2.75) is 26.7 Å². The van der Waals surface area contributed by atoms with Crippen LogP contribution in [0.25, 0.3) is 0 Å². The van der Waals surface area contributed by atoms with Gasteiger partial charge in [-0.2, -0.15) is 0 Å². The van der Waals surface area contributed by atoms with Gasteiger partial charge in [-0.05, 0) is 12.8 Å². The van der Waals surface area contributed by atoms with Crippen LogP contribution in [0.1, 0.15) is 26.7 Å². The third-order valence-corrected chi connectivity index (χ3v) is 1.14. The van der Waals surface area contributed by atoms with Crippen LogP contribution < -0.4 is 0 Å². The maximum atomic E-state index is 3.68. The van der Waals surface area contributed by atoms with Gasteiger partial charge >= 0.3 is 0 Å². The van der Waals surface area contributed by atoms with Gasteiger partial charge in [0.1, 0.15) is 0 Å². The van der Waals surface area contributed by atoms with Crippen LogP contribution in [0.2, 0.25) is 0 Å². The van der Waals surface area contributed by atoms with Gasteiger partial charge in [0.15, 0.2) is 0 Å². The molecule has 0 rings (SSSR count). The zero-order chi connectivity index (χ0) is 6.41. The highest BCUT2D eigenvalue weighted by Gasteiger charge is 1.80. The number of rotatable bonds is 3. The smallest absolute Gasteiger partial charge is 0.0311 e. The van der Waals surface area contributed by atoms with Gasteiger partial charge in [0.05, 0.1) is 0 Å². The molecule has 0 atom stereocenters. The van der Waals surface area contributed by atoms with Gasteiger partial charge in [0.25, 0.3) is 0 Å². The Morgan fingerprint density at radius 2 is 2.12 bits per heavy atom. The summed E-state index contributed by atoms with van der Waals surface area (Å²) in [6, 6.07) is 0. The number of allylic oxidation sites excluding steroid dienone is 3. The Kier molecular flexibility index (Phi) is 4.33. The molecule has 0 bridgehead atoms. The Morgan fingerprint density at radius 3 is 2.25 bits per heavy atom. The molecule has 8 heavy (non-hydrogen) atoms. The molecule has 0 aromatic rings. The summed E-state index contributed by atoms with van der Waals surface area (Å²) in [6.07, 6.45) is 6.35. The van der Waals surface area contributed by atoms with Crippen LogP contribution in [-0.4, -0.2) is 0 Å². The molecule has 0 heteroatoms. The van der Waals surface area contributed by atoms with Gasteiger partial charge in [-0.25, -0.2) is 0 Å². The highest BCUT2D eigenvalue weighted by atomic mass is 13.9. The van der Waals surface area contributed by atoms with E-state index in [1.54, 1.807) is 0 Å². The Bertz CT molecular complexity index is 88.2. The average molecular weight is 110 g/mol. The Balaban J connectivity index is 3.66. The lowest BCUT2D eigenvalue weighted by Crippen LogP contribution is -1.70. The first-order chi connectivity index (χ1) is 3.85. The van der Waals surface area contributed by atoms with E-state index in [9.17, 15) is 0 Å². The van der Waals surface area contributed by atoms with Gasteiger partial charge < -0.3 is 0 Å². The van der Waals surface area contributed by atoms with Crippen molar-refractivity contribution in [1.82, 2.24) is 0 Å². The molecule has 0 amide bonds. The van der Waals surface area contributed by atoms with E-state index < -0.39 is 0 Å². The largest absolute Gasteiger partial charge is 0.0988 e. The summed E-state index contributed by atoms with van der Waals surface area (Å²) < 4.78 is 0. The van der Waals surface area contributed by atoms with E-state index in [1.807, 2.05) is 6.08 Å². The van der Waals surface area contributed by atoms with E-state index in [-0.39, 0.29) is 0 Å². The molecular weight excluding hydrogens is 96.1 g/mol. The number of hydrogen-bond acceptors (Lipinski definition) is 0. The Hall–Kier alpha value is -0.520. The van der Waals surface area contributed by atoms with Crippen LogP contribution in [0.4, 0.5) is 0 Å². The highest BCUT2D eigenvalue weighted by molar-refractivity contribution is 5.14. The third kappa shape index (κ3) is 2.62. The average Bonchev–Trinajstić information content (AvgIpc) is 1.83. The second kappa shape index (κ2) is 4.63. The van der Waals surface area contributed by atoms with E-state index in [1.165, 1.54) is 5.57 Å².